The molecule has 0 amide bonds. The number of methoxy groups -OCH3 is 1. The molecule has 2 unspecified atom stereocenters. The lowest BCUT2D eigenvalue weighted by atomic mass is 9.79. The highest BCUT2D eigenvalue weighted by Gasteiger charge is 2.45. The smallest absolute Gasteiger partial charge is 0.168 e. The van der Waals surface area contributed by atoms with Crippen molar-refractivity contribution in [2.24, 2.45) is 11.8 Å². The molecule has 2 atom stereocenters. The molecular weight excluding hydrogens is 154 g/mol. The molecule has 0 radical (unpaired) electrons. The number of ketones is 1. The third-order valence-corrected chi connectivity index (χ3v) is 2.34. The first-order chi connectivity index (χ1) is 5.77. The van der Waals surface area contributed by atoms with Gasteiger partial charge < -0.3 is 4.74 Å². The second kappa shape index (κ2) is 2.21. The molecule has 3 heteroatoms. The fourth-order valence-corrected chi connectivity index (χ4v) is 1.66. The zero-order chi connectivity index (χ0) is 8.72. The number of hydrogen-bond donors (Lipinski definition) is 0. The molecule has 0 aromatic heterocycles. The molecule has 0 saturated heterocycles. The van der Waals surface area contributed by atoms with Crippen LogP contribution in [0.15, 0.2) is 23.5 Å². The van der Waals surface area contributed by atoms with Gasteiger partial charge in [-0.05, 0) is 12.2 Å². The van der Waals surface area contributed by atoms with Crippen LogP contribution in [0.3, 0.4) is 0 Å². The lowest BCUT2D eigenvalue weighted by Gasteiger charge is -2.27. The summed E-state index contributed by atoms with van der Waals surface area (Å²) in [5, 5.41) is 8.62. The first-order valence-corrected chi connectivity index (χ1v) is 3.69. The van der Waals surface area contributed by atoms with E-state index in [0.717, 1.165) is 0 Å². The van der Waals surface area contributed by atoms with E-state index in [0.29, 0.717) is 11.3 Å². The molecule has 0 saturated carbocycles. The molecule has 60 valence electrons. The maximum atomic E-state index is 11.2. The van der Waals surface area contributed by atoms with Crippen molar-refractivity contribution in [3.63, 3.8) is 0 Å². The topological polar surface area (TPSA) is 50.1 Å². The predicted octanol–water partition coefficient (Wildman–Crippen LogP) is 0.795. The van der Waals surface area contributed by atoms with E-state index < -0.39 is 0 Å². The Bertz CT molecular complexity index is 346. The Hall–Kier alpha value is -1.56. The highest BCUT2D eigenvalue weighted by atomic mass is 16.5. The zero-order valence-corrected chi connectivity index (χ0v) is 6.57. The van der Waals surface area contributed by atoms with E-state index in [2.05, 4.69) is 0 Å². The first-order valence-electron chi connectivity index (χ1n) is 3.69. The van der Waals surface area contributed by atoms with Gasteiger partial charge in [0.1, 0.15) is 5.76 Å². The van der Waals surface area contributed by atoms with Crippen LogP contribution in [0.5, 0.6) is 0 Å². The second-order valence-corrected chi connectivity index (χ2v) is 2.89. The maximum Gasteiger partial charge on any atom is 0.168 e. The standard InChI is InChI=1S/C9H7NO2/c1-12-8-3-6-5(4-10)2-7(11)9(6)8/h2-3,6,9H,1H3. The van der Waals surface area contributed by atoms with E-state index in [9.17, 15) is 4.79 Å². The fraction of sp³-hybridized carbons (Fsp3) is 0.333. The minimum absolute atomic E-state index is 0.00236. The third kappa shape index (κ3) is 0.668. The van der Waals surface area contributed by atoms with E-state index in [1.165, 1.54) is 6.08 Å². The minimum Gasteiger partial charge on any atom is -0.501 e. The van der Waals surface area contributed by atoms with Crippen molar-refractivity contribution in [2.45, 2.75) is 0 Å². The van der Waals surface area contributed by atoms with Gasteiger partial charge in [0.05, 0.1) is 19.1 Å². The number of rotatable bonds is 1. The van der Waals surface area contributed by atoms with Gasteiger partial charge in [-0.15, -0.1) is 0 Å². The molecule has 12 heavy (non-hydrogen) atoms. The summed E-state index contributed by atoms with van der Waals surface area (Å²) in [4.78, 5) is 11.2. The summed E-state index contributed by atoms with van der Waals surface area (Å²) in [6.07, 6.45) is 3.24. The number of fused-ring (bicyclic) bond motifs is 1. The lowest BCUT2D eigenvalue weighted by Crippen LogP contribution is -2.27. The van der Waals surface area contributed by atoms with Crippen molar-refractivity contribution >= 4 is 5.78 Å². The van der Waals surface area contributed by atoms with Gasteiger partial charge in [0.25, 0.3) is 0 Å². The maximum absolute atomic E-state index is 11.2. The van der Waals surface area contributed by atoms with E-state index in [-0.39, 0.29) is 17.6 Å². The molecule has 0 bridgehead atoms. The molecule has 0 aromatic rings. The highest BCUT2D eigenvalue weighted by Crippen LogP contribution is 2.43. The molecule has 0 aliphatic heterocycles. The number of nitriles is 1. The second-order valence-electron chi connectivity index (χ2n) is 2.89. The molecule has 2 rings (SSSR count). The SMILES string of the molecule is COC1=CC2C(C#N)=CC(=O)C12. The summed E-state index contributed by atoms with van der Waals surface area (Å²) >= 11 is 0. The number of allylic oxidation sites excluding steroid dienone is 4. The fourth-order valence-electron chi connectivity index (χ4n) is 1.66. The molecule has 2 aliphatic carbocycles. The van der Waals surface area contributed by atoms with E-state index in [4.69, 9.17) is 10.00 Å². The largest absolute Gasteiger partial charge is 0.501 e. The van der Waals surface area contributed by atoms with Crippen LogP contribution in [0, 0.1) is 23.2 Å². The monoisotopic (exact) mass is 161 g/mol. The summed E-state index contributed by atoms with van der Waals surface area (Å²) in [6, 6.07) is 2.01. The Labute approximate surface area is 69.9 Å². The highest BCUT2D eigenvalue weighted by molar-refractivity contribution is 6.00. The Morgan fingerprint density at radius 3 is 3.00 bits per heavy atom. The van der Waals surface area contributed by atoms with Crippen molar-refractivity contribution in [2.75, 3.05) is 7.11 Å². The Morgan fingerprint density at radius 1 is 1.67 bits per heavy atom. The Kier molecular flexibility index (Phi) is 1.31. The average molecular weight is 161 g/mol. The van der Waals surface area contributed by atoms with Crippen LogP contribution < -0.4 is 0 Å². The van der Waals surface area contributed by atoms with Crippen LogP contribution in [0.25, 0.3) is 0 Å². The molecule has 0 aromatic carbocycles. The minimum atomic E-state index is -0.190. The number of hydrogen-bond acceptors (Lipinski definition) is 3. The van der Waals surface area contributed by atoms with Crippen LogP contribution in [-0.4, -0.2) is 12.9 Å². The zero-order valence-electron chi connectivity index (χ0n) is 6.57. The van der Waals surface area contributed by atoms with Gasteiger partial charge in [0.2, 0.25) is 0 Å². The molecule has 0 N–H and O–H groups in total. The van der Waals surface area contributed by atoms with Crippen LogP contribution in [0.1, 0.15) is 0 Å². The average Bonchev–Trinajstić information content (AvgIpc) is 2.23. The molecule has 0 fully saturated rings. The Balaban J connectivity index is 2.31. The summed E-state index contributed by atoms with van der Waals surface area (Å²) in [5.41, 5.74) is 0.561. The van der Waals surface area contributed by atoms with Gasteiger partial charge in [-0.25, -0.2) is 0 Å². The van der Waals surface area contributed by atoms with Gasteiger partial charge in [0, 0.05) is 11.5 Å². The van der Waals surface area contributed by atoms with Crippen molar-refractivity contribution in [1.82, 2.24) is 0 Å². The quantitative estimate of drug-likeness (QED) is 0.571. The predicted molar refractivity (Wildman–Crippen MR) is 40.8 cm³/mol. The van der Waals surface area contributed by atoms with Crippen molar-refractivity contribution in [1.29, 1.82) is 5.26 Å². The van der Waals surface area contributed by atoms with Gasteiger partial charge in [-0.3, -0.25) is 4.79 Å². The van der Waals surface area contributed by atoms with Crippen LogP contribution in [-0.2, 0) is 9.53 Å². The number of ether oxygens (including phenoxy) is 1. The van der Waals surface area contributed by atoms with Gasteiger partial charge in [-0.1, -0.05) is 0 Å². The summed E-state index contributed by atoms with van der Waals surface area (Å²) < 4.78 is 4.96. The molecule has 2 aliphatic rings. The van der Waals surface area contributed by atoms with Crippen LogP contribution in [0.2, 0.25) is 0 Å². The van der Waals surface area contributed by atoms with E-state index in [1.807, 2.05) is 12.1 Å². The molecule has 0 spiro atoms. The van der Waals surface area contributed by atoms with Crippen LogP contribution in [0.4, 0.5) is 0 Å². The lowest BCUT2D eigenvalue weighted by molar-refractivity contribution is -0.118. The van der Waals surface area contributed by atoms with Crippen molar-refractivity contribution in [3.8, 4) is 6.07 Å². The Morgan fingerprint density at radius 2 is 2.42 bits per heavy atom. The van der Waals surface area contributed by atoms with Crippen LogP contribution >= 0.6 is 0 Å². The van der Waals surface area contributed by atoms with Crippen molar-refractivity contribution < 1.29 is 9.53 Å². The van der Waals surface area contributed by atoms with Gasteiger partial charge in [-0.2, -0.15) is 5.26 Å². The summed E-state index contributed by atoms with van der Waals surface area (Å²) in [6.45, 7) is 0. The van der Waals surface area contributed by atoms with Gasteiger partial charge in [0.15, 0.2) is 5.78 Å². The summed E-state index contributed by atoms with van der Waals surface area (Å²) in [7, 11) is 1.54. The number of nitrogens with zero attached hydrogens (tertiary/aromatic N) is 1. The third-order valence-electron chi connectivity index (χ3n) is 2.34. The molecule has 0 heterocycles. The first kappa shape index (κ1) is 7.11. The van der Waals surface area contributed by atoms with E-state index in [1.54, 1.807) is 7.11 Å². The van der Waals surface area contributed by atoms with Crippen molar-refractivity contribution in [3.05, 3.63) is 23.5 Å². The van der Waals surface area contributed by atoms with E-state index >= 15 is 0 Å². The normalized spacial score (nSPS) is 31.2. The number of carbonyl (C=O) groups is 1. The number of carbonyl (C=O) groups excluding carboxylic acids is 1. The van der Waals surface area contributed by atoms with Gasteiger partial charge >= 0.3 is 0 Å². The molecular formula is C9H7NO2. The summed E-state index contributed by atoms with van der Waals surface area (Å²) in [5.74, 6) is 0.504. The molecule has 3 nitrogen and oxygen atoms in total.